The lowest BCUT2D eigenvalue weighted by molar-refractivity contribution is -0.152. The fraction of sp³-hybridized carbons (Fsp3) is 0.701. The lowest BCUT2D eigenvalue weighted by atomic mass is 9.96. The first-order chi connectivity index (χ1) is 46.0. The third-order valence-electron chi connectivity index (χ3n) is 18.0. The molecule has 1 aromatic carbocycles. The molecule has 1 aromatic rings. The molecule has 1 heterocycles. The highest BCUT2D eigenvalue weighted by atomic mass is 16.3. The van der Waals surface area contributed by atoms with Crippen LogP contribution in [-0.2, 0) is 73.5 Å². The lowest BCUT2D eigenvalue weighted by Crippen LogP contribution is -2.64. The van der Waals surface area contributed by atoms with Gasteiger partial charge in [-0.2, -0.15) is 0 Å². The van der Waals surface area contributed by atoms with E-state index in [0.29, 0.717) is 12.0 Å². The van der Waals surface area contributed by atoms with Gasteiger partial charge in [0, 0.05) is 48.7 Å². The van der Waals surface area contributed by atoms with Crippen LogP contribution in [0.5, 0.6) is 0 Å². The van der Waals surface area contributed by atoms with Gasteiger partial charge in [-0.25, -0.2) is 0 Å². The largest absolute Gasteiger partial charge is 0.394 e. The number of carbonyl (C=O) groups is 14. The zero-order chi connectivity index (χ0) is 76.1. The summed E-state index contributed by atoms with van der Waals surface area (Å²) >= 11 is 0. The van der Waals surface area contributed by atoms with Gasteiger partial charge in [-0.15, -0.1) is 0 Å². The van der Waals surface area contributed by atoms with Crippen molar-refractivity contribution in [2.45, 2.75) is 201 Å². The van der Waals surface area contributed by atoms with Crippen LogP contribution in [0.4, 0.5) is 0 Å². The first-order valence-corrected chi connectivity index (χ1v) is 33.5. The summed E-state index contributed by atoms with van der Waals surface area (Å²) in [7, 11) is 7.35. The van der Waals surface area contributed by atoms with Crippen LogP contribution in [0.3, 0.4) is 0 Å². The highest BCUT2D eigenvalue weighted by Crippen LogP contribution is 2.21. The zero-order valence-electron chi connectivity index (χ0n) is 61.4. The highest BCUT2D eigenvalue weighted by molar-refractivity contribution is 6.00. The standard InChI is InChI=1S/C67H112N14O18/c1-22-38(12)52-67(99)78(18)45(32-83)62(94)79(19)53(37(10)11)59(91)70-43(31-82)57(89)73-50(35(6)7)64(96)77(17)44(28-42-26-24-23-25-27-42)58(90)69-30-46(86)71-48(33(2)3)65(97)80(20)54(40(14)84)61(93)75-51(36(8)9)66(98)81(21)55(41(15)85)60(92)74-49(34(4)5)63(95)76(16)39(13)56(88)68-29-47(87)72-52/h23-27,33-41,43-45,48-55,82-85H,22,28-32H2,1-21H3,(H,68,88)(H,69,90)(H,70,91)(H,71,86)(H,72,87)(H,73,89)(H,74,92)(H,75,93)/t38?,39-,40?,41?,43+,44-,45+,48+,49+,50+,51+,52+,53+,54+,55+/m1/s1. The summed E-state index contributed by atoms with van der Waals surface area (Å²) < 4.78 is 0. The number of nitrogens with zero attached hydrogens (tertiary/aromatic N) is 6. The zero-order valence-corrected chi connectivity index (χ0v) is 61.4. The fourth-order valence-corrected chi connectivity index (χ4v) is 11.4. The van der Waals surface area contributed by atoms with Gasteiger partial charge in [0.2, 0.25) is 82.7 Å². The van der Waals surface area contributed by atoms with E-state index in [2.05, 4.69) is 42.5 Å². The van der Waals surface area contributed by atoms with Crippen molar-refractivity contribution in [1.82, 2.24) is 71.9 Å². The maximum Gasteiger partial charge on any atom is 0.248 e. The molecule has 558 valence electrons. The molecule has 99 heavy (non-hydrogen) atoms. The van der Waals surface area contributed by atoms with Crippen LogP contribution < -0.4 is 42.5 Å². The van der Waals surface area contributed by atoms with E-state index < -0.39 is 229 Å². The van der Waals surface area contributed by atoms with Crippen LogP contribution in [-0.4, -0.2) is 286 Å². The van der Waals surface area contributed by atoms with Crippen LogP contribution in [0.25, 0.3) is 0 Å². The number of rotatable bonds is 13. The fourth-order valence-electron chi connectivity index (χ4n) is 11.4. The summed E-state index contributed by atoms with van der Waals surface area (Å²) in [5.41, 5.74) is 0.573. The molecule has 0 bridgehead atoms. The summed E-state index contributed by atoms with van der Waals surface area (Å²) in [5, 5.41) is 63.9. The SMILES string of the molecule is CCC(C)[C@@H]1NC(=O)CNC(=O)[C@@H](C)N(C)C(=O)[C@H](C(C)C)NC(=O)[C@H](C(C)O)N(C)C(=O)[C@H](C(C)C)NC(=O)[C@H](C(C)O)N(C)C(=O)[C@H](C(C)C)NC(=O)CNC(=O)[C@@H](Cc2ccccc2)N(C)C(=O)[C@H](C(C)C)NC(=O)[C@H](CO)NC(=O)[C@H](C(C)C)N(C)C(=O)[C@H](CO)N(C)C1=O. The van der Waals surface area contributed by atoms with Crippen LogP contribution in [0.15, 0.2) is 30.3 Å². The number of benzene rings is 1. The molecule has 3 unspecified atom stereocenters. The minimum absolute atomic E-state index is 0.126. The van der Waals surface area contributed by atoms with E-state index in [1.165, 1.54) is 63.1 Å². The number of amides is 14. The van der Waals surface area contributed by atoms with Crippen LogP contribution in [0, 0.1) is 35.5 Å². The first-order valence-electron chi connectivity index (χ1n) is 33.5. The molecule has 0 radical (unpaired) electrons. The third kappa shape index (κ3) is 23.4. The summed E-state index contributed by atoms with van der Waals surface area (Å²) in [6, 6.07) is -9.58. The highest BCUT2D eigenvalue weighted by Gasteiger charge is 2.45. The summed E-state index contributed by atoms with van der Waals surface area (Å²) in [4.78, 5) is 205. The Morgan fingerprint density at radius 1 is 0.394 bits per heavy atom. The van der Waals surface area contributed by atoms with E-state index in [1.807, 2.05) is 0 Å². The quantitative estimate of drug-likeness (QED) is 0.0909. The third-order valence-corrected chi connectivity index (χ3v) is 18.0. The number of carbonyl (C=O) groups excluding carboxylic acids is 14. The van der Waals surface area contributed by atoms with Gasteiger partial charge in [-0.3, -0.25) is 67.1 Å². The molecule has 12 N–H and O–H groups in total. The predicted molar refractivity (Wildman–Crippen MR) is 364 cm³/mol. The van der Waals surface area contributed by atoms with Crippen LogP contribution in [0.1, 0.15) is 116 Å². The van der Waals surface area contributed by atoms with E-state index in [1.54, 1.807) is 113 Å². The second-order valence-electron chi connectivity index (χ2n) is 27.4. The molecule has 32 nitrogen and oxygen atoms in total. The maximum atomic E-state index is 14.7. The van der Waals surface area contributed by atoms with Gasteiger partial charge < -0.3 is 92.4 Å². The van der Waals surface area contributed by atoms with Gasteiger partial charge in [0.05, 0.1) is 38.5 Å². The molecule has 0 spiro atoms. The molecular formula is C67H112N14O18. The second kappa shape index (κ2) is 39.4. The summed E-state index contributed by atoms with van der Waals surface area (Å²) in [6.45, 7) is 19.4. The Hall–Kier alpha value is -8.36. The van der Waals surface area contributed by atoms with E-state index in [9.17, 15) is 87.5 Å². The van der Waals surface area contributed by atoms with Gasteiger partial charge in [0.15, 0.2) is 0 Å². The number of aliphatic hydroxyl groups is 4. The van der Waals surface area contributed by atoms with Crippen molar-refractivity contribution in [3.63, 3.8) is 0 Å². The van der Waals surface area contributed by atoms with E-state index >= 15 is 0 Å². The maximum absolute atomic E-state index is 14.7. The first kappa shape index (κ1) is 86.7. The molecule has 2 rings (SSSR count). The second-order valence-corrected chi connectivity index (χ2v) is 27.4. The smallest absolute Gasteiger partial charge is 0.248 e. The average Bonchev–Trinajstić information content (AvgIpc) is 0.829. The molecule has 0 saturated carbocycles. The van der Waals surface area contributed by atoms with Crippen molar-refractivity contribution in [2.24, 2.45) is 35.5 Å². The molecule has 14 amide bonds. The summed E-state index contributed by atoms with van der Waals surface area (Å²) in [6.07, 6.45) is -3.06. The Labute approximate surface area is 581 Å². The van der Waals surface area contributed by atoms with Gasteiger partial charge in [0.25, 0.3) is 0 Å². The lowest BCUT2D eigenvalue weighted by Gasteiger charge is -2.37. The number of hydrogen-bond acceptors (Lipinski definition) is 18. The Morgan fingerprint density at radius 2 is 0.747 bits per heavy atom. The normalized spacial score (nSPS) is 27.3. The number of nitrogens with one attached hydrogen (secondary N) is 8. The molecule has 15 atom stereocenters. The van der Waals surface area contributed by atoms with Crippen molar-refractivity contribution in [1.29, 1.82) is 0 Å². The van der Waals surface area contributed by atoms with E-state index in [-0.39, 0.29) is 6.42 Å². The molecule has 1 fully saturated rings. The van der Waals surface area contributed by atoms with Gasteiger partial charge in [0.1, 0.15) is 72.5 Å². The molecule has 1 aliphatic rings. The Bertz CT molecular complexity index is 2990. The topological polar surface area (TPSA) is 436 Å². The summed E-state index contributed by atoms with van der Waals surface area (Å²) in [5.74, 6) is -17.0. The number of aliphatic hydroxyl groups excluding tert-OH is 4. The number of likely N-dealkylation sites (N-methyl/N-ethyl adjacent to an activating group) is 6. The van der Waals surface area contributed by atoms with Crippen molar-refractivity contribution in [3.05, 3.63) is 35.9 Å². The Morgan fingerprint density at radius 3 is 1.14 bits per heavy atom. The van der Waals surface area contributed by atoms with Gasteiger partial charge in [-0.1, -0.05) is 120 Å². The molecule has 1 saturated heterocycles. The van der Waals surface area contributed by atoms with Crippen LogP contribution >= 0.6 is 0 Å². The minimum atomic E-state index is -1.75. The van der Waals surface area contributed by atoms with Crippen molar-refractivity contribution < 1.29 is 87.5 Å². The Kier molecular flexibility index (Phi) is 34.5. The number of hydrogen-bond donors (Lipinski definition) is 12. The van der Waals surface area contributed by atoms with Crippen molar-refractivity contribution in [2.75, 3.05) is 68.6 Å². The molecule has 0 aromatic heterocycles. The monoisotopic (exact) mass is 1400 g/mol. The van der Waals surface area contributed by atoms with Crippen molar-refractivity contribution in [3.8, 4) is 0 Å². The van der Waals surface area contributed by atoms with Crippen LogP contribution in [0.2, 0.25) is 0 Å². The van der Waals surface area contributed by atoms with E-state index in [0.717, 1.165) is 29.4 Å². The van der Waals surface area contributed by atoms with E-state index in [4.69, 9.17) is 0 Å². The van der Waals surface area contributed by atoms with Gasteiger partial charge >= 0.3 is 0 Å². The molecule has 1 aliphatic heterocycles. The molecule has 32 heteroatoms. The molecule has 0 aliphatic carbocycles. The predicted octanol–water partition coefficient (Wildman–Crippen LogP) is -3.56. The van der Waals surface area contributed by atoms with Gasteiger partial charge in [-0.05, 0) is 61.8 Å². The molecular weight excluding hydrogens is 1290 g/mol. The van der Waals surface area contributed by atoms with Crippen molar-refractivity contribution >= 4 is 82.7 Å². The average molecular weight is 1400 g/mol. The Balaban J connectivity index is 2.85. The minimum Gasteiger partial charge on any atom is -0.394 e.